The third-order valence-corrected chi connectivity index (χ3v) is 10.8. The first-order valence-corrected chi connectivity index (χ1v) is 17.0. The van der Waals surface area contributed by atoms with Crippen LogP contribution in [-0.2, 0) is 33.5 Å². The molecule has 0 radical (unpaired) electrons. The minimum absolute atomic E-state index is 0.0246. The summed E-state index contributed by atoms with van der Waals surface area (Å²) in [5, 5.41) is 52.2. The van der Waals surface area contributed by atoms with Crippen LogP contribution in [-0.4, -0.2) is 92.9 Å². The zero-order chi connectivity index (χ0) is 34.1. The van der Waals surface area contributed by atoms with Gasteiger partial charge < -0.3 is 24.4 Å². The standard InChI is InChI=1S/C31H48N2O14/c34-29(35)22-4-1-6-24(32(39)40)26(22)28(47-43)18-8-10-19(11-9-18)44-16-3-17-45-20-12-14-21(15-13-20)46-31(38)27-23(30(36)37)5-2-7-25(27)33(41)42/h18-28,43H,1-17H2,(H,34,35)(H,36,37). The lowest BCUT2D eigenvalue weighted by Gasteiger charge is -2.40. The fourth-order valence-electron chi connectivity index (χ4n) is 8.36. The molecule has 4 fully saturated rings. The summed E-state index contributed by atoms with van der Waals surface area (Å²) in [5.41, 5.74) is 0. The van der Waals surface area contributed by atoms with Crippen LogP contribution < -0.4 is 0 Å². The Morgan fingerprint density at radius 3 is 1.68 bits per heavy atom. The van der Waals surface area contributed by atoms with E-state index in [1.165, 1.54) is 0 Å². The number of nitrogens with zero attached hydrogens (tertiary/aromatic N) is 2. The van der Waals surface area contributed by atoms with Crippen LogP contribution in [0.3, 0.4) is 0 Å². The number of carbonyl (C=O) groups is 3. The summed E-state index contributed by atoms with van der Waals surface area (Å²) >= 11 is 0. The number of esters is 1. The average molecular weight is 673 g/mol. The molecule has 0 aromatic carbocycles. The number of hydrogen-bond donors (Lipinski definition) is 3. The van der Waals surface area contributed by atoms with Gasteiger partial charge in [-0.15, -0.1) is 0 Å². The van der Waals surface area contributed by atoms with Crippen molar-refractivity contribution in [2.24, 2.45) is 29.6 Å². The number of ether oxygens (including phenoxy) is 3. The monoisotopic (exact) mass is 672 g/mol. The molecule has 47 heavy (non-hydrogen) atoms. The fourth-order valence-corrected chi connectivity index (χ4v) is 8.36. The molecule has 7 unspecified atom stereocenters. The van der Waals surface area contributed by atoms with E-state index in [0.717, 1.165) is 0 Å². The summed E-state index contributed by atoms with van der Waals surface area (Å²) in [6.07, 6.45) is 5.89. The van der Waals surface area contributed by atoms with Crippen LogP contribution in [0, 0.1) is 49.8 Å². The lowest BCUT2D eigenvalue weighted by atomic mass is 9.68. The van der Waals surface area contributed by atoms with E-state index >= 15 is 0 Å². The molecule has 0 amide bonds. The van der Waals surface area contributed by atoms with Gasteiger partial charge in [0.2, 0.25) is 12.1 Å². The van der Waals surface area contributed by atoms with Crippen LogP contribution in [0.4, 0.5) is 0 Å². The smallest absolute Gasteiger partial charge is 0.317 e. The van der Waals surface area contributed by atoms with Crippen molar-refractivity contribution in [3.8, 4) is 0 Å². The Kier molecular flexibility index (Phi) is 13.7. The van der Waals surface area contributed by atoms with Crippen molar-refractivity contribution < 1.29 is 58.8 Å². The molecule has 0 aromatic rings. The van der Waals surface area contributed by atoms with E-state index in [4.69, 9.17) is 19.1 Å². The van der Waals surface area contributed by atoms with Crippen molar-refractivity contribution >= 4 is 17.9 Å². The number of aliphatic carboxylic acids is 2. The lowest BCUT2D eigenvalue weighted by Crippen LogP contribution is -2.50. The molecule has 0 aromatic heterocycles. The van der Waals surface area contributed by atoms with E-state index in [2.05, 4.69) is 0 Å². The minimum Gasteiger partial charge on any atom is -0.481 e. The highest BCUT2D eigenvalue weighted by molar-refractivity contribution is 5.82. The van der Waals surface area contributed by atoms with Crippen molar-refractivity contribution in [1.29, 1.82) is 0 Å². The first-order chi connectivity index (χ1) is 22.5. The highest BCUT2D eigenvalue weighted by Gasteiger charge is 2.52. The zero-order valence-corrected chi connectivity index (χ0v) is 26.6. The molecular weight excluding hydrogens is 624 g/mol. The molecule has 0 saturated heterocycles. The summed E-state index contributed by atoms with van der Waals surface area (Å²) in [6.45, 7) is 0.942. The van der Waals surface area contributed by atoms with Gasteiger partial charge in [-0.1, -0.05) is 0 Å². The molecular formula is C31H48N2O14. The summed E-state index contributed by atoms with van der Waals surface area (Å²) in [7, 11) is 0. The maximum Gasteiger partial charge on any atom is 0.317 e. The molecule has 0 heterocycles. The number of carbonyl (C=O) groups excluding carboxylic acids is 1. The quantitative estimate of drug-likeness (QED) is 0.0734. The Labute approximate surface area is 272 Å². The lowest BCUT2D eigenvalue weighted by molar-refractivity contribution is -0.544. The molecule has 266 valence electrons. The summed E-state index contributed by atoms with van der Waals surface area (Å²) in [6, 6.07) is -2.32. The van der Waals surface area contributed by atoms with Gasteiger partial charge in [0.1, 0.15) is 18.1 Å². The molecule has 4 aliphatic rings. The summed E-state index contributed by atoms with van der Waals surface area (Å²) < 4.78 is 17.6. The first-order valence-electron chi connectivity index (χ1n) is 17.0. The van der Waals surface area contributed by atoms with E-state index in [0.29, 0.717) is 90.3 Å². The van der Waals surface area contributed by atoms with Crippen molar-refractivity contribution in [1.82, 2.24) is 0 Å². The zero-order valence-electron chi connectivity index (χ0n) is 26.6. The van der Waals surface area contributed by atoms with E-state index < -0.39 is 75.7 Å². The predicted octanol–water partition coefficient (Wildman–Crippen LogP) is 3.97. The Hall–Kier alpha value is -2.95. The number of rotatable bonds is 15. The van der Waals surface area contributed by atoms with Crippen LogP contribution in [0.25, 0.3) is 0 Å². The van der Waals surface area contributed by atoms with Gasteiger partial charge in [-0.2, -0.15) is 0 Å². The van der Waals surface area contributed by atoms with Gasteiger partial charge in [0.25, 0.3) is 0 Å². The molecule has 0 spiro atoms. The normalized spacial score (nSPS) is 35.3. The van der Waals surface area contributed by atoms with E-state index in [-0.39, 0.29) is 37.4 Å². The predicted molar refractivity (Wildman–Crippen MR) is 160 cm³/mol. The maximum atomic E-state index is 12.9. The van der Waals surface area contributed by atoms with Crippen molar-refractivity contribution in [2.75, 3.05) is 13.2 Å². The molecule has 4 saturated carbocycles. The largest absolute Gasteiger partial charge is 0.481 e. The average Bonchev–Trinajstić information content (AvgIpc) is 3.05. The van der Waals surface area contributed by atoms with Gasteiger partial charge in [0, 0.05) is 35.9 Å². The number of hydrogen-bond acceptors (Lipinski definition) is 12. The van der Waals surface area contributed by atoms with Gasteiger partial charge in [0.05, 0.1) is 30.0 Å². The maximum absolute atomic E-state index is 12.9. The molecule has 3 N–H and O–H groups in total. The first kappa shape index (κ1) is 36.9. The van der Waals surface area contributed by atoms with Crippen molar-refractivity contribution in [2.45, 2.75) is 133 Å². The highest BCUT2D eigenvalue weighted by Crippen LogP contribution is 2.42. The molecule has 7 atom stereocenters. The Balaban J connectivity index is 1.13. The second kappa shape index (κ2) is 17.4. The number of nitro groups is 2. The molecule has 4 rings (SSSR count). The Bertz CT molecular complexity index is 1050. The van der Waals surface area contributed by atoms with Crippen LogP contribution >= 0.6 is 0 Å². The van der Waals surface area contributed by atoms with E-state index in [1.807, 2.05) is 0 Å². The third kappa shape index (κ3) is 9.57. The molecule has 0 bridgehead atoms. The van der Waals surface area contributed by atoms with Gasteiger partial charge in [-0.3, -0.25) is 39.9 Å². The van der Waals surface area contributed by atoms with Gasteiger partial charge in [-0.05, 0) is 89.4 Å². The highest BCUT2D eigenvalue weighted by atomic mass is 17.1. The van der Waals surface area contributed by atoms with Crippen molar-refractivity contribution in [3.63, 3.8) is 0 Å². The van der Waals surface area contributed by atoms with Gasteiger partial charge >= 0.3 is 17.9 Å². The SMILES string of the molecule is O=C(O)C1CCCC([N+](=O)[O-])C1C(=O)OC1CCC(OCCCOC2CCC(C(OO)C3C(C(=O)O)CCCC3[N+](=O)[O-])CC2)CC1. The summed E-state index contributed by atoms with van der Waals surface area (Å²) in [4.78, 5) is 63.4. The molecule has 4 aliphatic carbocycles. The van der Waals surface area contributed by atoms with E-state index in [1.54, 1.807) is 0 Å². The van der Waals surface area contributed by atoms with Gasteiger partial charge in [0.15, 0.2) is 0 Å². The third-order valence-electron chi connectivity index (χ3n) is 10.8. The van der Waals surface area contributed by atoms with Crippen molar-refractivity contribution in [3.05, 3.63) is 20.2 Å². The topological polar surface area (TPSA) is 235 Å². The molecule has 0 aliphatic heterocycles. The Morgan fingerprint density at radius 1 is 0.681 bits per heavy atom. The molecule has 16 heteroatoms. The van der Waals surface area contributed by atoms with Crippen LogP contribution in [0.1, 0.15) is 96.3 Å². The van der Waals surface area contributed by atoms with E-state index in [9.17, 15) is 50.1 Å². The second-order valence-corrected chi connectivity index (χ2v) is 13.6. The fraction of sp³-hybridized carbons (Fsp3) is 0.903. The number of carboxylic acids is 2. The minimum atomic E-state index is -1.29. The summed E-state index contributed by atoms with van der Waals surface area (Å²) in [5.74, 6) is -7.56. The number of carboxylic acid groups (broad SMARTS) is 2. The van der Waals surface area contributed by atoms with Crippen LogP contribution in [0.5, 0.6) is 0 Å². The Morgan fingerprint density at radius 2 is 1.17 bits per heavy atom. The van der Waals surface area contributed by atoms with Crippen LogP contribution in [0.15, 0.2) is 0 Å². The van der Waals surface area contributed by atoms with Gasteiger partial charge in [-0.25, -0.2) is 4.89 Å². The second-order valence-electron chi connectivity index (χ2n) is 13.6. The molecule has 16 nitrogen and oxygen atoms in total. The van der Waals surface area contributed by atoms with Crippen LogP contribution in [0.2, 0.25) is 0 Å².